The van der Waals surface area contributed by atoms with E-state index in [-0.39, 0.29) is 0 Å². The predicted molar refractivity (Wildman–Crippen MR) is 70.4 cm³/mol. The van der Waals surface area contributed by atoms with E-state index in [0.29, 0.717) is 15.9 Å². The van der Waals surface area contributed by atoms with Crippen LogP contribution in [-0.4, -0.2) is 27.9 Å². The molecule has 2 unspecified atom stereocenters. The molecule has 1 aromatic rings. The third-order valence-electron chi connectivity index (χ3n) is 3.13. The molecule has 0 spiro atoms. The second-order valence-corrected chi connectivity index (χ2v) is 5.76. The second kappa shape index (κ2) is 5.32. The third kappa shape index (κ3) is 2.48. The van der Waals surface area contributed by atoms with Crippen LogP contribution in [0.3, 0.4) is 0 Å². The lowest BCUT2D eigenvalue weighted by molar-refractivity contribution is 0.442. The Morgan fingerprint density at radius 3 is 2.88 bits per heavy atom. The molecule has 1 aliphatic rings. The van der Waals surface area contributed by atoms with Crippen LogP contribution in [0.25, 0.3) is 0 Å². The summed E-state index contributed by atoms with van der Waals surface area (Å²) < 4.78 is 0. The fraction of sp³-hybridized carbons (Fsp3) is 0.636. The van der Waals surface area contributed by atoms with Gasteiger partial charge in [0.1, 0.15) is 11.3 Å². The average molecular weight is 305 g/mol. The van der Waals surface area contributed by atoms with Crippen LogP contribution in [0.15, 0.2) is 12.5 Å². The minimum atomic E-state index is 0.473. The Morgan fingerprint density at radius 2 is 2.19 bits per heavy atom. The molecule has 0 saturated heterocycles. The summed E-state index contributed by atoms with van der Waals surface area (Å²) in [7, 11) is 2.05. The smallest absolute Gasteiger partial charge is 0.150 e. The van der Waals surface area contributed by atoms with Crippen molar-refractivity contribution in [2.45, 2.75) is 36.6 Å². The zero-order valence-corrected chi connectivity index (χ0v) is 11.6. The number of halogens is 2. The van der Waals surface area contributed by atoms with Crippen molar-refractivity contribution in [3.8, 4) is 0 Å². The number of rotatable bonds is 2. The van der Waals surface area contributed by atoms with Crippen molar-refractivity contribution in [3.05, 3.63) is 17.5 Å². The van der Waals surface area contributed by atoms with E-state index >= 15 is 0 Å². The molecule has 0 radical (unpaired) electrons. The lowest BCUT2D eigenvalue weighted by Crippen LogP contribution is -2.41. The maximum Gasteiger partial charge on any atom is 0.150 e. The lowest BCUT2D eigenvalue weighted by Gasteiger charge is -2.36. The average Bonchev–Trinajstić information content (AvgIpc) is 2.29. The maximum atomic E-state index is 6.10. The third-order valence-corrected chi connectivity index (χ3v) is 4.46. The van der Waals surface area contributed by atoms with Gasteiger partial charge in [-0.15, -0.1) is 0 Å². The van der Waals surface area contributed by atoms with E-state index in [1.54, 1.807) is 12.5 Å². The number of aromatic nitrogens is 2. The van der Waals surface area contributed by atoms with E-state index in [1.807, 2.05) is 0 Å². The van der Waals surface area contributed by atoms with Gasteiger partial charge in [-0.25, -0.2) is 9.97 Å². The van der Waals surface area contributed by atoms with Crippen LogP contribution in [0, 0.1) is 0 Å². The zero-order valence-electron chi connectivity index (χ0n) is 9.24. The molecule has 0 amide bonds. The van der Waals surface area contributed by atoms with Crippen LogP contribution in [0.1, 0.15) is 25.7 Å². The van der Waals surface area contributed by atoms with Crippen LogP contribution < -0.4 is 4.90 Å². The Hall–Kier alpha value is -0.350. The van der Waals surface area contributed by atoms with Crippen molar-refractivity contribution in [2.75, 3.05) is 11.9 Å². The SMILES string of the molecule is CN(c1ncncc1Cl)C1CCCCC1Br. The zero-order chi connectivity index (χ0) is 11.5. The molecular formula is C11H15BrClN3. The van der Waals surface area contributed by atoms with Crippen LogP contribution in [0.5, 0.6) is 0 Å². The van der Waals surface area contributed by atoms with Gasteiger partial charge in [-0.3, -0.25) is 0 Å². The molecule has 5 heteroatoms. The van der Waals surface area contributed by atoms with Crippen LogP contribution >= 0.6 is 27.5 Å². The molecule has 2 atom stereocenters. The van der Waals surface area contributed by atoms with E-state index in [2.05, 4.69) is 37.8 Å². The molecule has 2 rings (SSSR count). The van der Waals surface area contributed by atoms with Crippen LogP contribution in [-0.2, 0) is 0 Å². The first kappa shape index (κ1) is 12.1. The molecule has 1 aliphatic carbocycles. The Balaban J connectivity index is 2.17. The van der Waals surface area contributed by atoms with Gasteiger partial charge in [-0.2, -0.15) is 0 Å². The topological polar surface area (TPSA) is 29.0 Å². The summed E-state index contributed by atoms with van der Waals surface area (Å²) in [6.07, 6.45) is 8.18. The molecule has 0 aliphatic heterocycles. The summed E-state index contributed by atoms with van der Waals surface area (Å²) in [5.74, 6) is 0.827. The minimum absolute atomic E-state index is 0.473. The normalized spacial score (nSPS) is 25.4. The second-order valence-electron chi connectivity index (χ2n) is 4.17. The summed E-state index contributed by atoms with van der Waals surface area (Å²) in [4.78, 5) is 10.9. The maximum absolute atomic E-state index is 6.10. The monoisotopic (exact) mass is 303 g/mol. The van der Waals surface area contributed by atoms with Gasteiger partial charge in [-0.05, 0) is 12.8 Å². The summed E-state index contributed by atoms with van der Waals surface area (Å²) in [6, 6.07) is 0.473. The van der Waals surface area contributed by atoms with Gasteiger partial charge in [0.25, 0.3) is 0 Å². The van der Waals surface area contributed by atoms with Crippen LogP contribution in [0.4, 0.5) is 5.82 Å². The van der Waals surface area contributed by atoms with Gasteiger partial charge in [0.2, 0.25) is 0 Å². The Bertz CT molecular complexity index is 361. The molecule has 1 fully saturated rings. The largest absolute Gasteiger partial charge is 0.354 e. The van der Waals surface area contributed by atoms with Crippen molar-refractivity contribution >= 4 is 33.3 Å². The molecule has 1 aromatic heterocycles. The Kier molecular flexibility index (Phi) is 4.03. The number of hydrogen-bond donors (Lipinski definition) is 0. The van der Waals surface area contributed by atoms with Gasteiger partial charge in [-0.1, -0.05) is 40.4 Å². The highest BCUT2D eigenvalue weighted by Gasteiger charge is 2.27. The highest BCUT2D eigenvalue weighted by Crippen LogP contribution is 2.32. The fourth-order valence-corrected chi connectivity index (χ4v) is 3.41. The van der Waals surface area contributed by atoms with Gasteiger partial charge in [0, 0.05) is 17.9 Å². The molecule has 0 aromatic carbocycles. The van der Waals surface area contributed by atoms with Crippen molar-refractivity contribution in [1.82, 2.24) is 9.97 Å². The van der Waals surface area contributed by atoms with Gasteiger partial charge in [0.05, 0.1) is 6.20 Å². The highest BCUT2D eigenvalue weighted by molar-refractivity contribution is 9.09. The molecular weight excluding hydrogens is 289 g/mol. The quantitative estimate of drug-likeness (QED) is 0.785. The fourth-order valence-electron chi connectivity index (χ4n) is 2.23. The number of nitrogens with zero attached hydrogens (tertiary/aromatic N) is 3. The Morgan fingerprint density at radius 1 is 1.44 bits per heavy atom. The molecule has 3 nitrogen and oxygen atoms in total. The molecule has 16 heavy (non-hydrogen) atoms. The van der Waals surface area contributed by atoms with E-state index in [9.17, 15) is 0 Å². The van der Waals surface area contributed by atoms with Crippen molar-refractivity contribution in [3.63, 3.8) is 0 Å². The first-order chi connectivity index (χ1) is 7.70. The van der Waals surface area contributed by atoms with Crippen molar-refractivity contribution < 1.29 is 0 Å². The lowest BCUT2D eigenvalue weighted by atomic mass is 9.94. The number of hydrogen-bond acceptors (Lipinski definition) is 3. The van der Waals surface area contributed by atoms with E-state index < -0.39 is 0 Å². The number of alkyl halides is 1. The summed E-state index contributed by atoms with van der Waals surface area (Å²) in [6.45, 7) is 0. The van der Waals surface area contributed by atoms with Crippen molar-refractivity contribution in [1.29, 1.82) is 0 Å². The Labute approximate surface area is 109 Å². The van der Waals surface area contributed by atoms with Crippen molar-refractivity contribution in [2.24, 2.45) is 0 Å². The first-order valence-corrected chi connectivity index (χ1v) is 6.82. The summed E-state index contributed by atoms with van der Waals surface area (Å²) >= 11 is 9.85. The summed E-state index contributed by atoms with van der Waals surface area (Å²) in [5, 5.41) is 0.621. The van der Waals surface area contributed by atoms with Gasteiger partial charge < -0.3 is 4.90 Å². The molecule has 88 valence electrons. The van der Waals surface area contributed by atoms with E-state index in [0.717, 1.165) is 5.82 Å². The molecule has 0 bridgehead atoms. The van der Waals surface area contributed by atoms with E-state index in [1.165, 1.54) is 25.7 Å². The highest BCUT2D eigenvalue weighted by atomic mass is 79.9. The molecule has 1 heterocycles. The minimum Gasteiger partial charge on any atom is -0.354 e. The number of anilines is 1. The standard InChI is InChI=1S/C11H15BrClN3/c1-16(10-5-3-2-4-8(10)12)11-9(13)6-14-7-15-11/h6-8,10H,2-5H2,1H3. The molecule has 1 saturated carbocycles. The van der Waals surface area contributed by atoms with Crippen LogP contribution in [0.2, 0.25) is 5.02 Å². The van der Waals surface area contributed by atoms with Gasteiger partial charge >= 0.3 is 0 Å². The predicted octanol–water partition coefficient (Wildman–Crippen LogP) is 3.27. The van der Waals surface area contributed by atoms with Gasteiger partial charge in [0.15, 0.2) is 5.82 Å². The summed E-state index contributed by atoms with van der Waals surface area (Å²) in [5.41, 5.74) is 0. The van der Waals surface area contributed by atoms with E-state index in [4.69, 9.17) is 11.6 Å². The molecule has 0 N–H and O–H groups in total. The first-order valence-electron chi connectivity index (χ1n) is 5.52.